The van der Waals surface area contributed by atoms with E-state index in [1.165, 1.54) is 4.88 Å². The number of nitrogen functional groups attached to an aromatic ring is 1. The van der Waals surface area contributed by atoms with Crippen molar-refractivity contribution in [2.24, 2.45) is 0 Å². The molecule has 1 aliphatic rings. The van der Waals surface area contributed by atoms with Gasteiger partial charge in [0.15, 0.2) is 0 Å². The average molecular weight is 338 g/mol. The number of amides is 1. The van der Waals surface area contributed by atoms with E-state index in [0.717, 1.165) is 21.4 Å². The van der Waals surface area contributed by atoms with Crippen LogP contribution in [0.1, 0.15) is 10.4 Å². The molecule has 2 aromatic rings. The Morgan fingerprint density at radius 3 is 3.00 bits per heavy atom. The highest BCUT2D eigenvalue weighted by Crippen LogP contribution is 2.32. The van der Waals surface area contributed by atoms with Gasteiger partial charge in [-0.2, -0.15) is 0 Å². The van der Waals surface area contributed by atoms with Crippen LogP contribution in [-0.2, 0) is 17.8 Å². The Hall–Kier alpha value is -1.53. The molecule has 0 atom stereocenters. The van der Waals surface area contributed by atoms with E-state index in [1.807, 2.05) is 17.5 Å². The van der Waals surface area contributed by atoms with Gasteiger partial charge in [0.25, 0.3) is 0 Å². The van der Waals surface area contributed by atoms with Crippen molar-refractivity contribution in [2.75, 3.05) is 16.4 Å². The van der Waals surface area contributed by atoms with E-state index >= 15 is 0 Å². The minimum Gasteiger partial charge on any atom is -0.397 e. The highest BCUT2D eigenvalue weighted by atomic mass is 79.9. The van der Waals surface area contributed by atoms with Gasteiger partial charge in [0.05, 0.1) is 17.8 Å². The van der Waals surface area contributed by atoms with E-state index < -0.39 is 0 Å². The number of hydrogen-bond acceptors (Lipinski definition) is 4. The fourth-order valence-corrected chi connectivity index (χ4v) is 3.47. The summed E-state index contributed by atoms with van der Waals surface area (Å²) in [5.74, 6) is 0.0220. The lowest BCUT2D eigenvalue weighted by Crippen LogP contribution is -2.04. The highest BCUT2D eigenvalue weighted by molar-refractivity contribution is 9.10. The van der Waals surface area contributed by atoms with Crippen LogP contribution in [0.15, 0.2) is 28.1 Å². The van der Waals surface area contributed by atoms with Crippen molar-refractivity contribution in [1.82, 2.24) is 0 Å². The zero-order valence-corrected chi connectivity index (χ0v) is 12.4. The van der Waals surface area contributed by atoms with Crippen molar-refractivity contribution in [3.05, 3.63) is 38.5 Å². The maximum absolute atomic E-state index is 11.3. The molecule has 1 aromatic heterocycles. The van der Waals surface area contributed by atoms with Gasteiger partial charge >= 0.3 is 0 Å². The van der Waals surface area contributed by atoms with Crippen LogP contribution in [0.2, 0.25) is 0 Å². The van der Waals surface area contributed by atoms with Crippen LogP contribution in [0.4, 0.5) is 17.1 Å². The Morgan fingerprint density at radius 1 is 1.42 bits per heavy atom. The Bertz CT molecular complexity index is 653. The van der Waals surface area contributed by atoms with E-state index in [4.69, 9.17) is 5.73 Å². The third-order valence-electron chi connectivity index (χ3n) is 2.98. The summed E-state index contributed by atoms with van der Waals surface area (Å²) >= 11 is 5.11. The molecule has 0 saturated heterocycles. The topological polar surface area (TPSA) is 67.2 Å². The number of nitrogens with two attached hydrogens (primary N) is 1. The molecule has 0 unspecified atom stereocenters. The third-order valence-corrected chi connectivity index (χ3v) is 4.67. The first-order chi connectivity index (χ1) is 9.11. The summed E-state index contributed by atoms with van der Waals surface area (Å²) in [5.41, 5.74) is 9.35. The van der Waals surface area contributed by atoms with Crippen LogP contribution in [0.3, 0.4) is 0 Å². The largest absolute Gasteiger partial charge is 0.397 e. The van der Waals surface area contributed by atoms with Gasteiger partial charge < -0.3 is 16.4 Å². The Kier molecular flexibility index (Phi) is 3.20. The summed E-state index contributed by atoms with van der Waals surface area (Å²) in [6, 6.07) is 5.83. The maximum atomic E-state index is 11.3. The summed E-state index contributed by atoms with van der Waals surface area (Å²) in [7, 11) is 0. The lowest BCUT2D eigenvalue weighted by Gasteiger charge is -2.10. The molecular formula is C13H12BrN3OS. The molecule has 1 aliphatic heterocycles. The molecule has 0 fully saturated rings. The Morgan fingerprint density at radius 2 is 2.26 bits per heavy atom. The van der Waals surface area contributed by atoms with E-state index in [0.29, 0.717) is 18.7 Å². The van der Waals surface area contributed by atoms with Gasteiger partial charge in [-0.1, -0.05) is 0 Å². The third kappa shape index (κ3) is 2.59. The summed E-state index contributed by atoms with van der Waals surface area (Å²) in [5, 5.41) is 8.17. The number of hydrogen-bond donors (Lipinski definition) is 3. The van der Waals surface area contributed by atoms with Gasteiger partial charge in [-0.3, -0.25) is 4.79 Å². The number of carbonyl (C=O) groups is 1. The molecule has 6 heteroatoms. The molecule has 1 amide bonds. The number of anilines is 3. The number of fused-ring (bicyclic) bond motifs is 1. The highest BCUT2D eigenvalue weighted by Gasteiger charge is 2.19. The SMILES string of the molecule is Nc1cc2c(cc1NCc1cc(Br)cs1)NC(=O)C2. The number of carbonyl (C=O) groups excluding carboxylic acids is 1. The van der Waals surface area contributed by atoms with Crippen LogP contribution >= 0.6 is 27.3 Å². The molecule has 4 N–H and O–H groups in total. The molecule has 0 spiro atoms. The standard InChI is InChI=1S/C13H12BrN3OS/c14-8-3-9(19-6-8)5-16-12-4-11-7(1-10(12)15)2-13(18)17-11/h1,3-4,6,16H,2,5,15H2,(H,17,18). The first-order valence-electron chi connectivity index (χ1n) is 5.81. The molecule has 98 valence electrons. The zero-order chi connectivity index (χ0) is 13.4. The van der Waals surface area contributed by atoms with E-state index in [1.54, 1.807) is 11.3 Å². The Labute approximate surface area is 123 Å². The average Bonchev–Trinajstić information content (AvgIpc) is 2.91. The monoisotopic (exact) mass is 337 g/mol. The quantitative estimate of drug-likeness (QED) is 0.753. The molecule has 3 rings (SSSR count). The normalized spacial score (nSPS) is 13.2. The second-order valence-electron chi connectivity index (χ2n) is 4.41. The van der Waals surface area contributed by atoms with Crippen LogP contribution in [0.25, 0.3) is 0 Å². The summed E-state index contributed by atoms with van der Waals surface area (Å²) in [4.78, 5) is 12.5. The maximum Gasteiger partial charge on any atom is 0.228 e. The van der Waals surface area contributed by atoms with E-state index in [2.05, 4.69) is 32.6 Å². The lowest BCUT2D eigenvalue weighted by molar-refractivity contribution is -0.115. The van der Waals surface area contributed by atoms with E-state index in [-0.39, 0.29) is 5.91 Å². The van der Waals surface area contributed by atoms with E-state index in [9.17, 15) is 4.79 Å². The summed E-state index contributed by atoms with van der Waals surface area (Å²) < 4.78 is 1.09. The smallest absolute Gasteiger partial charge is 0.228 e. The first kappa shape index (κ1) is 12.5. The molecule has 0 radical (unpaired) electrons. The van der Waals surface area contributed by atoms with Gasteiger partial charge in [0.2, 0.25) is 5.91 Å². The minimum atomic E-state index is 0.0220. The molecule has 4 nitrogen and oxygen atoms in total. The van der Waals surface area contributed by atoms with Gasteiger partial charge in [-0.05, 0) is 39.7 Å². The molecule has 0 saturated carbocycles. The molecule has 19 heavy (non-hydrogen) atoms. The van der Waals surface area contributed by atoms with Gasteiger partial charge in [0, 0.05) is 27.0 Å². The number of rotatable bonds is 3. The fourth-order valence-electron chi connectivity index (χ4n) is 2.08. The molecule has 2 heterocycles. The molecular weight excluding hydrogens is 326 g/mol. The number of benzene rings is 1. The first-order valence-corrected chi connectivity index (χ1v) is 7.48. The second kappa shape index (κ2) is 4.86. The fraction of sp³-hybridized carbons (Fsp3) is 0.154. The van der Waals surface area contributed by atoms with Gasteiger partial charge in [-0.25, -0.2) is 0 Å². The second-order valence-corrected chi connectivity index (χ2v) is 6.32. The van der Waals surface area contributed by atoms with Crippen molar-refractivity contribution in [2.45, 2.75) is 13.0 Å². The molecule has 1 aromatic carbocycles. The molecule has 0 bridgehead atoms. The number of nitrogens with one attached hydrogen (secondary N) is 2. The van der Waals surface area contributed by atoms with Crippen LogP contribution in [0, 0.1) is 0 Å². The van der Waals surface area contributed by atoms with Gasteiger partial charge in [0.1, 0.15) is 0 Å². The van der Waals surface area contributed by atoms with Gasteiger partial charge in [-0.15, -0.1) is 11.3 Å². The number of thiophene rings is 1. The van der Waals surface area contributed by atoms with Crippen molar-refractivity contribution < 1.29 is 4.79 Å². The summed E-state index contributed by atoms with van der Waals surface area (Å²) in [6.45, 7) is 0.715. The lowest BCUT2D eigenvalue weighted by atomic mass is 10.1. The van der Waals surface area contributed by atoms with Crippen LogP contribution in [-0.4, -0.2) is 5.91 Å². The zero-order valence-electron chi connectivity index (χ0n) is 10.00. The van der Waals surface area contributed by atoms with Crippen molar-refractivity contribution >= 4 is 50.2 Å². The van der Waals surface area contributed by atoms with Crippen molar-refractivity contribution in [3.63, 3.8) is 0 Å². The Balaban J connectivity index is 1.78. The summed E-state index contributed by atoms with van der Waals surface area (Å²) in [6.07, 6.45) is 0.414. The van der Waals surface area contributed by atoms with Crippen molar-refractivity contribution in [1.29, 1.82) is 0 Å². The van der Waals surface area contributed by atoms with Crippen LogP contribution in [0.5, 0.6) is 0 Å². The number of halogens is 1. The predicted molar refractivity (Wildman–Crippen MR) is 82.5 cm³/mol. The van der Waals surface area contributed by atoms with Crippen molar-refractivity contribution in [3.8, 4) is 0 Å². The molecule has 0 aliphatic carbocycles. The predicted octanol–water partition coefficient (Wildman–Crippen LogP) is 3.20. The van der Waals surface area contributed by atoms with Crippen LogP contribution < -0.4 is 16.4 Å². The minimum absolute atomic E-state index is 0.0220.